The molecule has 2 rings (SSSR count). The van der Waals surface area contributed by atoms with Crippen molar-refractivity contribution in [3.05, 3.63) is 65.5 Å². The average molecular weight is 270 g/mol. The summed E-state index contributed by atoms with van der Waals surface area (Å²) in [6, 6.07) is 13.2. The van der Waals surface area contributed by atoms with Crippen LogP contribution in [0.1, 0.15) is 23.2 Å². The van der Waals surface area contributed by atoms with Crippen molar-refractivity contribution in [3.8, 4) is 0 Å². The molecular weight excluding hydrogens is 252 g/mol. The molecule has 20 heavy (non-hydrogen) atoms. The molecule has 0 radical (unpaired) electrons. The van der Waals surface area contributed by atoms with Crippen LogP contribution in [-0.4, -0.2) is 16.0 Å². The molecule has 0 aliphatic heterocycles. The van der Waals surface area contributed by atoms with Gasteiger partial charge in [-0.2, -0.15) is 0 Å². The number of aromatic nitrogens is 1. The zero-order valence-corrected chi connectivity index (χ0v) is 11.2. The van der Waals surface area contributed by atoms with Gasteiger partial charge in [-0.15, -0.1) is 0 Å². The molecule has 0 saturated heterocycles. The van der Waals surface area contributed by atoms with Crippen molar-refractivity contribution in [1.82, 2.24) is 10.3 Å². The Labute approximate surface area is 118 Å². The number of aryl methyl sites for hydroxylation is 1. The summed E-state index contributed by atoms with van der Waals surface area (Å²) in [6.45, 7) is 0.545. The van der Waals surface area contributed by atoms with Crippen LogP contribution in [0.5, 0.6) is 0 Å². The van der Waals surface area contributed by atoms with Crippen LogP contribution < -0.4 is 5.32 Å². The highest BCUT2D eigenvalue weighted by Gasteiger charge is 2.03. The normalized spacial score (nSPS) is 10.2. The van der Waals surface area contributed by atoms with Gasteiger partial charge in [-0.3, -0.25) is 9.78 Å². The maximum absolute atomic E-state index is 11.7. The monoisotopic (exact) mass is 270 g/mol. The molecule has 0 bridgehead atoms. The molecule has 104 valence electrons. The van der Waals surface area contributed by atoms with Crippen LogP contribution in [0.15, 0.2) is 48.7 Å². The molecule has 1 amide bonds. The van der Waals surface area contributed by atoms with Crippen molar-refractivity contribution in [2.24, 2.45) is 0 Å². The van der Waals surface area contributed by atoms with Crippen molar-refractivity contribution < 1.29 is 9.90 Å². The standard InChI is InChI=1S/C16H18N2O2/c19-12-14-6-4-13(5-7-14)11-18-16(20)9-8-15-3-1-2-10-17-15/h1-7,10,19H,8-9,11-12H2,(H,18,20). The van der Waals surface area contributed by atoms with Crippen molar-refractivity contribution in [1.29, 1.82) is 0 Å². The van der Waals surface area contributed by atoms with Crippen LogP contribution in [0.3, 0.4) is 0 Å². The topological polar surface area (TPSA) is 62.2 Å². The summed E-state index contributed by atoms with van der Waals surface area (Å²) in [7, 11) is 0. The van der Waals surface area contributed by atoms with Gasteiger partial charge in [0.15, 0.2) is 0 Å². The smallest absolute Gasteiger partial charge is 0.220 e. The summed E-state index contributed by atoms with van der Waals surface area (Å²) >= 11 is 0. The summed E-state index contributed by atoms with van der Waals surface area (Å²) in [5, 5.41) is 11.8. The Morgan fingerprint density at radius 2 is 1.85 bits per heavy atom. The summed E-state index contributed by atoms with van der Waals surface area (Å²) in [6.07, 6.45) is 2.82. The predicted molar refractivity (Wildman–Crippen MR) is 76.8 cm³/mol. The lowest BCUT2D eigenvalue weighted by atomic mass is 10.1. The molecule has 1 aromatic heterocycles. The first-order chi connectivity index (χ1) is 9.78. The minimum Gasteiger partial charge on any atom is -0.392 e. The van der Waals surface area contributed by atoms with Gasteiger partial charge in [0.2, 0.25) is 5.91 Å². The number of aliphatic hydroxyl groups excluding tert-OH is 1. The molecule has 0 saturated carbocycles. The fourth-order valence-corrected chi connectivity index (χ4v) is 1.84. The van der Waals surface area contributed by atoms with Gasteiger partial charge in [0.1, 0.15) is 0 Å². The van der Waals surface area contributed by atoms with E-state index in [9.17, 15) is 4.79 Å². The fourth-order valence-electron chi connectivity index (χ4n) is 1.84. The largest absolute Gasteiger partial charge is 0.392 e. The van der Waals surface area contributed by atoms with E-state index in [0.717, 1.165) is 16.8 Å². The predicted octanol–water partition coefficient (Wildman–Crippen LogP) is 1.82. The third kappa shape index (κ3) is 4.48. The second-order valence-electron chi connectivity index (χ2n) is 4.57. The number of rotatable bonds is 6. The first kappa shape index (κ1) is 14.2. The number of hydrogen-bond donors (Lipinski definition) is 2. The van der Waals surface area contributed by atoms with Gasteiger partial charge in [-0.1, -0.05) is 30.3 Å². The lowest BCUT2D eigenvalue weighted by Gasteiger charge is -2.06. The Bertz CT molecular complexity index is 538. The van der Waals surface area contributed by atoms with Crippen molar-refractivity contribution in [3.63, 3.8) is 0 Å². The van der Waals surface area contributed by atoms with Gasteiger partial charge in [0, 0.05) is 24.9 Å². The van der Waals surface area contributed by atoms with Crippen LogP contribution in [-0.2, 0) is 24.4 Å². The molecule has 0 atom stereocenters. The first-order valence-corrected chi connectivity index (χ1v) is 6.63. The number of carbonyl (C=O) groups excluding carboxylic acids is 1. The van der Waals surface area contributed by atoms with Crippen LogP contribution >= 0.6 is 0 Å². The second kappa shape index (κ2) is 7.40. The summed E-state index contributed by atoms with van der Waals surface area (Å²) in [5.74, 6) is 0.0156. The molecule has 0 aliphatic carbocycles. The number of benzene rings is 1. The number of pyridine rings is 1. The summed E-state index contributed by atoms with van der Waals surface area (Å²) in [5.41, 5.74) is 2.82. The molecule has 1 aromatic carbocycles. The van der Waals surface area contributed by atoms with Crippen LogP contribution in [0.2, 0.25) is 0 Å². The lowest BCUT2D eigenvalue weighted by Crippen LogP contribution is -2.23. The number of carbonyl (C=O) groups is 1. The number of hydrogen-bond acceptors (Lipinski definition) is 3. The van der Waals surface area contributed by atoms with E-state index in [1.165, 1.54) is 0 Å². The molecular formula is C16H18N2O2. The van der Waals surface area contributed by atoms with E-state index in [1.54, 1.807) is 6.20 Å². The van der Waals surface area contributed by atoms with Crippen LogP contribution in [0.25, 0.3) is 0 Å². The molecule has 4 heteroatoms. The molecule has 4 nitrogen and oxygen atoms in total. The fraction of sp³-hybridized carbons (Fsp3) is 0.250. The van der Waals surface area contributed by atoms with E-state index >= 15 is 0 Å². The van der Waals surface area contributed by atoms with Gasteiger partial charge in [0.25, 0.3) is 0 Å². The van der Waals surface area contributed by atoms with Crippen molar-refractivity contribution in [2.45, 2.75) is 26.0 Å². The zero-order chi connectivity index (χ0) is 14.2. The number of nitrogens with zero attached hydrogens (tertiary/aromatic N) is 1. The molecule has 2 N–H and O–H groups in total. The highest BCUT2D eigenvalue weighted by molar-refractivity contribution is 5.76. The Morgan fingerprint density at radius 3 is 2.50 bits per heavy atom. The molecule has 2 aromatic rings. The van der Waals surface area contributed by atoms with Gasteiger partial charge in [-0.25, -0.2) is 0 Å². The zero-order valence-electron chi connectivity index (χ0n) is 11.2. The SMILES string of the molecule is O=C(CCc1ccccn1)NCc1ccc(CO)cc1. The maximum Gasteiger partial charge on any atom is 0.220 e. The molecule has 0 spiro atoms. The van der Waals surface area contributed by atoms with Gasteiger partial charge >= 0.3 is 0 Å². The van der Waals surface area contributed by atoms with E-state index in [-0.39, 0.29) is 12.5 Å². The highest BCUT2D eigenvalue weighted by Crippen LogP contribution is 2.04. The molecule has 1 heterocycles. The summed E-state index contributed by atoms with van der Waals surface area (Å²) in [4.78, 5) is 15.9. The van der Waals surface area contributed by atoms with Crippen molar-refractivity contribution in [2.75, 3.05) is 0 Å². The Balaban J connectivity index is 1.74. The third-order valence-corrected chi connectivity index (χ3v) is 3.03. The van der Waals surface area contributed by atoms with E-state index in [0.29, 0.717) is 19.4 Å². The molecule has 0 aliphatic rings. The quantitative estimate of drug-likeness (QED) is 0.841. The van der Waals surface area contributed by atoms with Gasteiger partial charge in [0.05, 0.1) is 6.61 Å². The number of nitrogens with one attached hydrogen (secondary N) is 1. The van der Waals surface area contributed by atoms with E-state index in [2.05, 4.69) is 10.3 Å². The molecule has 0 fully saturated rings. The lowest BCUT2D eigenvalue weighted by molar-refractivity contribution is -0.121. The highest BCUT2D eigenvalue weighted by atomic mass is 16.3. The number of aliphatic hydroxyl groups is 1. The van der Waals surface area contributed by atoms with Crippen LogP contribution in [0.4, 0.5) is 0 Å². The van der Waals surface area contributed by atoms with Gasteiger partial charge < -0.3 is 10.4 Å². The number of amides is 1. The minimum atomic E-state index is 0.0156. The summed E-state index contributed by atoms with van der Waals surface area (Å²) < 4.78 is 0. The van der Waals surface area contributed by atoms with E-state index < -0.39 is 0 Å². The van der Waals surface area contributed by atoms with E-state index in [1.807, 2.05) is 42.5 Å². The third-order valence-electron chi connectivity index (χ3n) is 3.03. The minimum absolute atomic E-state index is 0.0156. The Morgan fingerprint density at radius 1 is 1.10 bits per heavy atom. The first-order valence-electron chi connectivity index (χ1n) is 6.63. The van der Waals surface area contributed by atoms with Crippen LogP contribution in [0, 0.1) is 0 Å². The Hall–Kier alpha value is -2.20. The Kier molecular flexibility index (Phi) is 5.26. The average Bonchev–Trinajstić information content (AvgIpc) is 2.52. The van der Waals surface area contributed by atoms with Gasteiger partial charge in [-0.05, 0) is 29.7 Å². The van der Waals surface area contributed by atoms with Crippen molar-refractivity contribution >= 4 is 5.91 Å². The second-order valence-corrected chi connectivity index (χ2v) is 4.57. The maximum atomic E-state index is 11.7. The molecule has 0 unspecified atom stereocenters. The van der Waals surface area contributed by atoms with E-state index in [4.69, 9.17) is 5.11 Å².